The highest BCUT2D eigenvalue weighted by molar-refractivity contribution is 6.04. The molecule has 0 aromatic carbocycles. The first-order valence-electron chi connectivity index (χ1n) is 11.2. The van der Waals surface area contributed by atoms with E-state index in [9.17, 15) is 19.2 Å². The average molecular weight is 435 g/mol. The third-order valence-electron chi connectivity index (χ3n) is 5.58. The lowest BCUT2D eigenvalue weighted by Gasteiger charge is -2.30. The molecular formula is C21H38BN5O4. The molecule has 4 amide bonds. The number of carbonyl (C=O) groups excluding carboxylic acids is 4. The quantitative estimate of drug-likeness (QED) is 0.238. The number of carbonyl (C=O) groups is 4. The predicted octanol–water partition coefficient (Wildman–Crippen LogP) is -0.0222. The van der Waals surface area contributed by atoms with E-state index in [0.29, 0.717) is 44.7 Å². The first-order chi connectivity index (χ1) is 14.6. The van der Waals surface area contributed by atoms with Crippen molar-refractivity contribution in [1.82, 2.24) is 20.8 Å². The molecule has 4 unspecified atom stereocenters. The van der Waals surface area contributed by atoms with E-state index in [0.717, 1.165) is 12.8 Å². The number of likely N-dealkylation sites (tertiary alicyclic amines) is 1. The van der Waals surface area contributed by atoms with Gasteiger partial charge in [0, 0.05) is 12.5 Å². The molecule has 0 aliphatic carbocycles. The Hall–Kier alpha value is -2.10. The molecule has 1 heterocycles. The van der Waals surface area contributed by atoms with E-state index in [-0.39, 0.29) is 17.7 Å². The highest BCUT2D eigenvalue weighted by Gasteiger charge is 2.38. The standard InChI is InChI=1S/C21H38BN5O4/c1-13(2)12-14(3)19(29)26-16(8-5-6-10-24-22)21(31)27-11-7-9-17(27)20(30)25-15(4)18(23)28/h13-17,24H,5-12H2,1-4H3,(H2,23,28)(H,25,30)(H,26,29). The fourth-order valence-corrected chi connectivity index (χ4v) is 3.84. The lowest BCUT2D eigenvalue weighted by Crippen LogP contribution is -2.55. The van der Waals surface area contributed by atoms with Crippen LogP contribution in [0.15, 0.2) is 0 Å². The molecule has 0 spiro atoms. The molecule has 1 aliphatic rings. The van der Waals surface area contributed by atoms with Crippen LogP contribution in [-0.2, 0) is 19.2 Å². The van der Waals surface area contributed by atoms with E-state index in [2.05, 4.69) is 15.9 Å². The molecule has 174 valence electrons. The van der Waals surface area contributed by atoms with Gasteiger partial charge in [-0.05, 0) is 57.9 Å². The van der Waals surface area contributed by atoms with Crippen LogP contribution in [0, 0.1) is 11.8 Å². The summed E-state index contributed by atoms with van der Waals surface area (Å²) in [4.78, 5) is 51.4. The molecule has 1 aliphatic heterocycles. The number of nitrogens with one attached hydrogen (secondary N) is 3. The Bertz CT molecular complexity index is 631. The van der Waals surface area contributed by atoms with Crippen LogP contribution in [0.2, 0.25) is 0 Å². The van der Waals surface area contributed by atoms with E-state index in [1.54, 1.807) is 0 Å². The summed E-state index contributed by atoms with van der Waals surface area (Å²) >= 11 is 0. The summed E-state index contributed by atoms with van der Waals surface area (Å²) < 4.78 is 0. The Labute approximate surface area is 187 Å². The normalized spacial score (nSPS) is 19.0. The maximum atomic E-state index is 13.3. The molecular weight excluding hydrogens is 397 g/mol. The van der Waals surface area contributed by atoms with Crippen molar-refractivity contribution in [1.29, 1.82) is 0 Å². The van der Waals surface area contributed by atoms with Crippen LogP contribution in [-0.4, -0.2) is 67.7 Å². The smallest absolute Gasteiger partial charge is 0.245 e. The lowest BCUT2D eigenvalue weighted by atomic mass is 9.97. The van der Waals surface area contributed by atoms with Gasteiger partial charge in [0.2, 0.25) is 23.6 Å². The van der Waals surface area contributed by atoms with Gasteiger partial charge in [0.25, 0.3) is 0 Å². The molecule has 1 rings (SSSR count). The van der Waals surface area contributed by atoms with Crippen molar-refractivity contribution < 1.29 is 19.2 Å². The zero-order valence-corrected chi connectivity index (χ0v) is 19.3. The third kappa shape index (κ3) is 8.89. The van der Waals surface area contributed by atoms with Crippen molar-refractivity contribution in [3.8, 4) is 0 Å². The summed E-state index contributed by atoms with van der Waals surface area (Å²) in [6, 6.07) is -2.20. The summed E-state index contributed by atoms with van der Waals surface area (Å²) in [6.07, 6.45) is 3.83. The zero-order valence-electron chi connectivity index (χ0n) is 19.3. The van der Waals surface area contributed by atoms with Gasteiger partial charge in [0.05, 0.1) is 0 Å². The largest absolute Gasteiger partial charge is 0.368 e. The first kappa shape index (κ1) is 26.9. The molecule has 5 N–H and O–H groups in total. The van der Waals surface area contributed by atoms with Gasteiger partial charge in [-0.15, -0.1) is 0 Å². The zero-order chi connectivity index (χ0) is 23.6. The van der Waals surface area contributed by atoms with E-state index >= 15 is 0 Å². The van der Waals surface area contributed by atoms with Crippen LogP contribution < -0.4 is 21.6 Å². The van der Waals surface area contributed by atoms with E-state index in [1.165, 1.54) is 11.8 Å². The second-order valence-electron chi connectivity index (χ2n) is 8.86. The predicted molar refractivity (Wildman–Crippen MR) is 120 cm³/mol. The van der Waals surface area contributed by atoms with Crippen LogP contribution in [0.25, 0.3) is 0 Å². The Morgan fingerprint density at radius 3 is 2.35 bits per heavy atom. The van der Waals surface area contributed by atoms with Crippen LogP contribution >= 0.6 is 0 Å². The summed E-state index contributed by atoms with van der Waals surface area (Å²) in [5.41, 5.74) is 5.23. The molecule has 9 nitrogen and oxygen atoms in total. The van der Waals surface area contributed by atoms with Gasteiger partial charge in [-0.2, -0.15) is 0 Å². The lowest BCUT2D eigenvalue weighted by molar-refractivity contribution is -0.142. The van der Waals surface area contributed by atoms with E-state index in [1.807, 2.05) is 20.8 Å². The molecule has 2 radical (unpaired) electrons. The molecule has 1 fully saturated rings. The van der Waals surface area contributed by atoms with E-state index < -0.39 is 29.9 Å². The molecule has 0 bridgehead atoms. The summed E-state index contributed by atoms with van der Waals surface area (Å²) in [6.45, 7) is 8.50. The Morgan fingerprint density at radius 2 is 1.77 bits per heavy atom. The topological polar surface area (TPSA) is 134 Å². The van der Waals surface area contributed by atoms with Crippen LogP contribution in [0.1, 0.15) is 66.2 Å². The minimum atomic E-state index is -0.818. The summed E-state index contributed by atoms with van der Waals surface area (Å²) in [5.74, 6) is -1.31. The second-order valence-corrected chi connectivity index (χ2v) is 8.86. The Kier molecular flexibility index (Phi) is 11.6. The van der Waals surface area contributed by atoms with Gasteiger partial charge in [-0.3, -0.25) is 19.2 Å². The molecule has 10 heteroatoms. The highest BCUT2D eigenvalue weighted by Crippen LogP contribution is 2.21. The fourth-order valence-electron chi connectivity index (χ4n) is 3.84. The number of unbranched alkanes of at least 4 members (excludes halogenated alkanes) is 1. The van der Waals surface area contributed by atoms with Gasteiger partial charge in [-0.25, -0.2) is 0 Å². The van der Waals surface area contributed by atoms with E-state index in [4.69, 9.17) is 13.7 Å². The average Bonchev–Trinajstić information content (AvgIpc) is 3.18. The number of hydrogen-bond donors (Lipinski definition) is 4. The number of rotatable bonds is 13. The minimum Gasteiger partial charge on any atom is -0.368 e. The van der Waals surface area contributed by atoms with Crippen LogP contribution in [0.3, 0.4) is 0 Å². The third-order valence-corrected chi connectivity index (χ3v) is 5.58. The molecule has 0 aromatic heterocycles. The molecule has 0 aromatic rings. The maximum Gasteiger partial charge on any atom is 0.245 e. The Morgan fingerprint density at radius 1 is 1.10 bits per heavy atom. The number of hydrogen-bond acceptors (Lipinski definition) is 5. The van der Waals surface area contributed by atoms with Crippen molar-refractivity contribution in [2.75, 3.05) is 13.1 Å². The monoisotopic (exact) mass is 435 g/mol. The molecule has 4 atom stereocenters. The van der Waals surface area contributed by atoms with Gasteiger partial charge < -0.3 is 26.5 Å². The van der Waals surface area contributed by atoms with Gasteiger partial charge in [0.15, 0.2) is 7.98 Å². The molecule has 0 saturated carbocycles. The molecule has 1 saturated heterocycles. The Balaban J connectivity index is 2.88. The summed E-state index contributed by atoms with van der Waals surface area (Å²) in [5, 5.41) is 8.06. The van der Waals surface area contributed by atoms with Crippen molar-refractivity contribution >= 4 is 31.6 Å². The first-order valence-corrected chi connectivity index (χ1v) is 11.2. The number of nitrogens with two attached hydrogens (primary N) is 1. The highest BCUT2D eigenvalue weighted by atomic mass is 16.2. The van der Waals surface area contributed by atoms with Crippen LogP contribution in [0.5, 0.6) is 0 Å². The van der Waals surface area contributed by atoms with Gasteiger partial charge >= 0.3 is 0 Å². The number of amides is 4. The maximum absolute atomic E-state index is 13.3. The number of nitrogens with zero attached hydrogens (tertiary/aromatic N) is 1. The van der Waals surface area contributed by atoms with Crippen molar-refractivity contribution in [2.24, 2.45) is 17.6 Å². The number of primary amides is 1. The molecule has 31 heavy (non-hydrogen) atoms. The second kappa shape index (κ2) is 13.3. The van der Waals surface area contributed by atoms with Gasteiger partial charge in [0.1, 0.15) is 18.1 Å². The summed E-state index contributed by atoms with van der Waals surface area (Å²) in [7, 11) is 5.31. The van der Waals surface area contributed by atoms with Gasteiger partial charge in [-0.1, -0.05) is 20.8 Å². The van der Waals surface area contributed by atoms with Crippen molar-refractivity contribution in [2.45, 2.75) is 84.3 Å². The fraction of sp³-hybridized carbons (Fsp3) is 0.810. The minimum absolute atomic E-state index is 0.161. The van der Waals surface area contributed by atoms with Crippen LogP contribution in [0.4, 0.5) is 0 Å². The van der Waals surface area contributed by atoms with Crippen molar-refractivity contribution in [3.63, 3.8) is 0 Å². The SMILES string of the molecule is [B]NCCCCC(NC(=O)C(C)CC(C)C)C(=O)N1CCCC1C(=O)NC(C)C(N)=O. The van der Waals surface area contributed by atoms with Crippen molar-refractivity contribution in [3.05, 3.63) is 0 Å².